The largest absolute Gasteiger partial charge is 0.507 e. The number of nitrogens with zero attached hydrogens (tertiary/aromatic N) is 1. The van der Waals surface area contributed by atoms with E-state index in [-0.39, 0.29) is 5.76 Å². The number of ketones is 1. The third kappa shape index (κ3) is 3.06. The zero-order valence-corrected chi connectivity index (χ0v) is 12.2. The van der Waals surface area contributed by atoms with Crippen molar-refractivity contribution < 1.29 is 24.2 Å². The zero-order chi connectivity index (χ0) is 16.1. The summed E-state index contributed by atoms with van der Waals surface area (Å²) in [4.78, 5) is 26.9. The number of aliphatic hydroxyl groups excluding tert-OH is 1. The molecule has 0 fully saturated rings. The molecular formula is C16H15NO5. The molecule has 22 heavy (non-hydrogen) atoms. The van der Waals surface area contributed by atoms with Crippen LogP contribution in [0.25, 0.3) is 16.7 Å². The number of rotatable bonds is 5. The van der Waals surface area contributed by atoms with Crippen LogP contribution in [0.5, 0.6) is 5.75 Å². The van der Waals surface area contributed by atoms with Gasteiger partial charge in [0.25, 0.3) is 5.78 Å². The molecule has 0 bridgehead atoms. The average Bonchev–Trinajstić information content (AvgIpc) is 2.54. The maximum atomic E-state index is 11.5. The number of benzene rings is 1. The Morgan fingerprint density at radius 2 is 2.09 bits per heavy atom. The fourth-order valence-corrected chi connectivity index (χ4v) is 2.00. The number of aliphatic hydroxyl groups is 1. The molecule has 0 unspecified atom stereocenters. The Labute approximate surface area is 127 Å². The minimum Gasteiger partial charge on any atom is -0.507 e. The van der Waals surface area contributed by atoms with Gasteiger partial charge < -0.3 is 14.6 Å². The van der Waals surface area contributed by atoms with Gasteiger partial charge in [0, 0.05) is 23.2 Å². The molecule has 114 valence electrons. The molecule has 0 spiro atoms. The molecule has 1 N–H and O–H groups in total. The topological polar surface area (TPSA) is 85.7 Å². The van der Waals surface area contributed by atoms with Crippen LogP contribution < -0.4 is 4.74 Å². The standard InChI is InChI=1S/C16H15NO5/c1-3-22-14-7-6-10(11-5-4-8-17-15(11)14)12(18)9-13(19)16(20)21-2/h4-9,18H,3H2,1-2H3/b12-9+. The highest BCUT2D eigenvalue weighted by molar-refractivity contribution is 6.39. The quantitative estimate of drug-likeness (QED) is 0.394. The smallest absolute Gasteiger partial charge is 0.378 e. The molecule has 1 aromatic heterocycles. The number of aromatic nitrogens is 1. The van der Waals surface area contributed by atoms with Gasteiger partial charge in [-0.3, -0.25) is 9.78 Å². The zero-order valence-electron chi connectivity index (χ0n) is 12.2. The van der Waals surface area contributed by atoms with Crippen molar-refractivity contribution in [3.63, 3.8) is 0 Å². The molecule has 2 aromatic rings. The molecular weight excluding hydrogens is 286 g/mol. The van der Waals surface area contributed by atoms with Crippen molar-refractivity contribution in [2.45, 2.75) is 6.92 Å². The van der Waals surface area contributed by atoms with Crippen LogP contribution >= 0.6 is 0 Å². The SMILES string of the molecule is CCOc1ccc(/C(O)=C\C(=O)C(=O)OC)c2cccnc12. The molecule has 0 saturated heterocycles. The van der Waals surface area contributed by atoms with Crippen molar-refractivity contribution in [3.05, 3.63) is 42.1 Å². The van der Waals surface area contributed by atoms with Crippen molar-refractivity contribution in [3.8, 4) is 5.75 Å². The molecule has 0 radical (unpaired) electrons. The highest BCUT2D eigenvalue weighted by atomic mass is 16.5. The van der Waals surface area contributed by atoms with Gasteiger partial charge in [0.1, 0.15) is 17.0 Å². The fraction of sp³-hybridized carbons (Fsp3) is 0.188. The Morgan fingerprint density at radius 3 is 2.77 bits per heavy atom. The lowest BCUT2D eigenvalue weighted by Crippen LogP contribution is -2.13. The Hall–Kier alpha value is -2.89. The van der Waals surface area contributed by atoms with E-state index in [1.165, 1.54) is 0 Å². The number of carbonyl (C=O) groups is 2. The number of esters is 1. The molecule has 0 aliphatic carbocycles. The lowest BCUT2D eigenvalue weighted by Gasteiger charge is -2.10. The summed E-state index contributed by atoms with van der Waals surface area (Å²) in [6.07, 6.45) is 2.43. The molecule has 2 rings (SSSR count). The Balaban J connectivity index is 2.52. The van der Waals surface area contributed by atoms with Gasteiger partial charge in [-0.2, -0.15) is 0 Å². The monoisotopic (exact) mass is 301 g/mol. The van der Waals surface area contributed by atoms with Crippen molar-refractivity contribution in [2.75, 3.05) is 13.7 Å². The predicted molar refractivity (Wildman–Crippen MR) is 80.5 cm³/mol. The van der Waals surface area contributed by atoms with E-state index in [0.29, 0.717) is 28.8 Å². The highest BCUT2D eigenvalue weighted by Crippen LogP contribution is 2.29. The third-order valence-corrected chi connectivity index (χ3v) is 2.96. The second-order valence-corrected chi connectivity index (χ2v) is 4.33. The van der Waals surface area contributed by atoms with Gasteiger partial charge in [-0.25, -0.2) is 4.79 Å². The predicted octanol–water partition coefficient (Wildman–Crippen LogP) is 2.27. The molecule has 0 aliphatic heterocycles. The molecule has 0 aliphatic rings. The molecule has 0 saturated carbocycles. The second kappa shape index (κ2) is 6.71. The Morgan fingerprint density at radius 1 is 1.32 bits per heavy atom. The van der Waals surface area contributed by atoms with Crippen LogP contribution in [-0.4, -0.2) is 35.6 Å². The molecule has 1 aromatic carbocycles. The number of ether oxygens (including phenoxy) is 2. The molecule has 1 heterocycles. The molecule has 0 amide bonds. The van der Waals surface area contributed by atoms with E-state index >= 15 is 0 Å². The lowest BCUT2D eigenvalue weighted by atomic mass is 10.1. The second-order valence-electron chi connectivity index (χ2n) is 4.33. The van der Waals surface area contributed by atoms with Crippen molar-refractivity contribution in [2.24, 2.45) is 0 Å². The van der Waals surface area contributed by atoms with E-state index < -0.39 is 11.8 Å². The van der Waals surface area contributed by atoms with Crippen LogP contribution in [0.2, 0.25) is 0 Å². The normalized spacial score (nSPS) is 11.3. The molecule has 6 heteroatoms. The minimum absolute atomic E-state index is 0.337. The van der Waals surface area contributed by atoms with Gasteiger partial charge >= 0.3 is 5.97 Å². The molecule has 0 atom stereocenters. The van der Waals surface area contributed by atoms with Crippen LogP contribution in [0.3, 0.4) is 0 Å². The van der Waals surface area contributed by atoms with E-state index in [2.05, 4.69) is 9.72 Å². The van der Waals surface area contributed by atoms with Gasteiger partial charge in [-0.05, 0) is 25.1 Å². The number of hydrogen-bond acceptors (Lipinski definition) is 6. The van der Waals surface area contributed by atoms with Gasteiger partial charge in [-0.15, -0.1) is 0 Å². The lowest BCUT2D eigenvalue weighted by molar-refractivity contribution is -0.149. The van der Waals surface area contributed by atoms with E-state index in [0.717, 1.165) is 13.2 Å². The van der Waals surface area contributed by atoms with Crippen LogP contribution in [0.1, 0.15) is 12.5 Å². The number of fused-ring (bicyclic) bond motifs is 1. The van der Waals surface area contributed by atoms with Crippen LogP contribution in [-0.2, 0) is 14.3 Å². The first-order valence-corrected chi connectivity index (χ1v) is 6.62. The minimum atomic E-state index is -1.04. The fourth-order valence-electron chi connectivity index (χ4n) is 2.00. The summed E-state index contributed by atoms with van der Waals surface area (Å²) in [5.41, 5.74) is 0.941. The first-order chi connectivity index (χ1) is 10.6. The van der Waals surface area contributed by atoms with Crippen molar-refractivity contribution in [1.82, 2.24) is 4.98 Å². The van der Waals surface area contributed by atoms with Crippen molar-refractivity contribution >= 4 is 28.4 Å². The van der Waals surface area contributed by atoms with Gasteiger partial charge in [0.15, 0.2) is 0 Å². The summed E-state index contributed by atoms with van der Waals surface area (Å²) in [7, 11) is 1.10. The van der Waals surface area contributed by atoms with E-state index in [9.17, 15) is 14.7 Å². The van der Waals surface area contributed by atoms with Crippen molar-refractivity contribution in [1.29, 1.82) is 0 Å². The highest BCUT2D eigenvalue weighted by Gasteiger charge is 2.15. The Kier molecular flexibility index (Phi) is 4.73. The van der Waals surface area contributed by atoms with Gasteiger partial charge in [0.2, 0.25) is 0 Å². The number of hydrogen-bond donors (Lipinski definition) is 1. The van der Waals surface area contributed by atoms with E-state index in [4.69, 9.17) is 4.74 Å². The van der Waals surface area contributed by atoms with Crippen LogP contribution in [0.4, 0.5) is 0 Å². The summed E-state index contributed by atoms with van der Waals surface area (Å²) in [6, 6.07) is 6.70. The first-order valence-electron chi connectivity index (χ1n) is 6.62. The molecule has 6 nitrogen and oxygen atoms in total. The van der Waals surface area contributed by atoms with Crippen LogP contribution in [0, 0.1) is 0 Å². The van der Waals surface area contributed by atoms with E-state index in [1.807, 2.05) is 6.92 Å². The number of carbonyl (C=O) groups excluding carboxylic acids is 2. The van der Waals surface area contributed by atoms with Crippen LogP contribution in [0.15, 0.2) is 36.5 Å². The average molecular weight is 301 g/mol. The van der Waals surface area contributed by atoms with Gasteiger partial charge in [-0.1, -0.05) is 6.07 Å². The summed E-state index contributed by atoms with van der Waals surface area (Å²) in [6.45, 7) is 2.34. The summed E-state index contributed by atoms with van der Waals surface area (Å²) >= 11 is 0. The first kappa shape index (κ1) is 15.5. The third-order valence-electron chi connectivity index (χ3n) is 2.96. The summed E-state index contributed by atoms with van der Waals surface area (Å²) in [5.74, 6) is -1.74. The Bertz CT molecular complexity index is 751. The van der Waals surface area contributed by atoms with E-state index in [1.54, 1.807) is 30.5 Å². The summed E-state index contributed by atoms with van der Waals surface area (Å²) in [5, 5.41) is 10.7. The summed E-state index contributed by atoms with van der Waals surface area (Å²) < 4.78 is 9.80. The van der Waals surface area contributed by atoms with Gasteiger partial charge in [0.05, 0.1) is 13.7 Å². The number of pyridine rings is 1. The number of methoxy groups -OCH3 is 1. The maximum absolute atomic E-state index is 11.5. The maximum Gasteiger partial charge on any atom is 0.378 e.